The van der Waals surface area contributed by atoms with Crippen molar-refractivity contribution in [2.75, 3.05) is 5.73 Å². The van der Waals surface area contributed by atoms with Gasteiger partial charge in [0.1, 0.15) is 5.52 Å². The number of rotatable bonds is 2. The summed E-state index contributed by atoms with van der Waals surface area (Å²) in [5.74, 6) is 0.469. The predicted molar refractivity (Wildman–Crippen MR) is 77.7 cm³/mol. The van der Waals surface area contributed by atoms with Gasteiger partial charge in [-0.15, -0.1) is 0 Å². The first kappa shape index (κ1) is 12.1. The lowest BCUT2D eigenvalue weighted by atomic mass is 10.1. The Morgan fingerprint density at radius 2 is 2.21 bits per heavy atom. The molecule has 0 saturated heterocycles. The third-order valence-electron chi connectivity index (χ3n) is 3.05. The fourth-order valence-corrected chi connectivity index (χ4v) is 2.33. The Kier molecular flexibility index (Phi) is 2.94. The number of fused-ring (bicyclic) bond motifs is 1. The van der Waals surface area contributed by atoms with Crippen LogP contribution in [-0.4, -0.2) is 19.5 Å². The molecule has 0 aliphatic heterocycles. The van der Waals surface area contributed by atoms with Crippen LogP contribution in [0.4, 0.5) is 5.95 Å². The number of aryl methyl sites for hydroxylation is 1. The Balaban J connectivity index is 2.10. The summed E-state index contributed by atoms with van der Waals surface area (Å²) in [5, 5.41) is 0. The van der Waals surface area contributed by atoms with Crippen LogP contribution in [-0.2, 0) is 6.54 Å². The fourth-order valence-electron chi connectivity index (χ4n) is 2.01. The van der Waals surface area contributed by atoms with Crippen LogP contribution in [0.3, 0.4) is 0 Å². The lowest BCUT2D eigenvalue weighted by Gasteiger charge is -2.08. The van der Waals surface area contributed by atoms with Crippen LogP contribution in [0, 0.1) is 6.92 Å². The van der Waals surface area contributed by atoms with Crippen molar-refractivity contribution in [3.05, 3.63) is 46.3 Å². The highest BCUT2D eigenvalue weighted by atomic mass is 79.9. The SMILES string of the molecule is Cc1cnccc1Cn1c(N)nc2cc(Br)cnc21. The van der Waals surface area contributed by atoms with Gasteiger partial charge in [-0.25, -0.2) is 9.97 Å². The molecule has 0 atom stereocenters. The average Bonchev–Trinajstić information content (AvgIpc) is 2.68. The van der Waals surface area contributed by atoms with E-state index in [0.717, 1.165) is 26.8 Å². The quantitative estimate of drug-likeness (QED) is 0.788. The maximum atomic E-state index is 5.98. The average molecular weight is 318 g/mol. The molecule has 6 heteroatoms. The summed E-state index contributed by atoms with van der Waals surface area (Å²) in [6.07, 6.45) is 5.37. The molecule has 0 fully saturated rings. The topological polar surface area (TPSA) is 69.6 Å². The van der Waals surface area contributed by atoms with Crippen LogP contribution in [0.15, 0.2) is 35.2 Å². The summed E-state index contributed by atoms with van der Waals surface area (Å²) < 4.78 is 2.80. The van der Waals surface area contributed by atoms with Crippen LogP contribution >= 0.6 is 15.9 Å². The predicted octanol–water partition coefficient (Wildman–Crippen LogP) is 2.53. The van der Waals surface area contributed by atoms with E-state index in [0.29, 0.717) is 12.5 Å². The van der Waals surface area contributed by atoms with Crippen LogP contribution in [0.5, 0.6) is 0 Å². The minimum atomic E-state index is 0.469. The number of hydrogen-bond acceptors (Lipinski definition) is 4. The number of hydrogen-bond donors (Lipinski definition) is 1. The summed E-state index contributed by atoms with van der Waals surface area (Å²) in [7, 11) is 0. The molecule has 0 saturated carbocycles. The minimum Gasteiger partial charge on any atom is -0.369 e. The normalized spacial score (nSPS) is 11.1. The number of halogens is 1. The molecule has 3 heterocycles. The lowest BCUT2D eigenvalue weighted by molar-refractivity contribution is 0.819. The Labute approximate surface area is 118 Å². The van der Waals surface area contributed by atoms with Gasteiger partial charge < -0.3 is 5.73 Å². The van der Waals surface area contributed by atoms with Crippen molar-refractivity contribution < 1.29 is 0 Å². The van der Waals surface area contributed by atoms with Crippen LogP contribution in [0.1, 0.15) is 11.1 Å². The first-order chi connectivity index (χ1) is 9.15. The second-order valence-electron chi connectivity index (χ2n) is 4.35. The third kappa shape index (κ3) is 2.19. The van der Waals surface area contributed by atoms with E-state index in [1.807, 2.05) is 29.8 Å². The smallest absolute Gasteiger partial charge is 0.202 e. The fraction of sp³-hybridized carbons (Fsp3) is 0.154. The first-order valence-electron chi connectivity index (χ1n) is 5.82. The zero-order valence-corrected chi connectivity index (χ0v) is 11.9. The molecule has 0 radical (unpaired) electrons. The first-order valence-corrected chi connectivity index (χ1v) is 6.61. The van der Waals surface area contributed by atoms with Crippen LogP contribution < -0.4 is 5.73 Å². The molecule has 0 spiro atoms. The van der Waals surface area contributed by atoms with Crippen molar-refractivity contribution >= 4 is 33.0 Å². The second kappa shape index (κ2) is 4.62. The Bertz CT molecular complexity index is 750. The van der Waals surface area contributed by atoms with Crippen molar-refractivity contribution in [2.45, 2.75) is 13.5 Å². The van der Waals surface area contributed by atoms with E-state index < -0.39 is 0 Å². The standard InChI is InChI=1S/C13H12BrN5/c1-8-5-16-3-2-9(8)7-19-12-11(18-13(19)15)4-10(14)6-17-12/h2-6H,7H2,1H3,(H2,15,18). The number of nitrogens with two attached hydrogens (primary N) is 1. The van der Waals surface area contributed by atoms with Gasteiger partial charge in [-0.3, -0.25) is 9.55 Å². The molecule has 3 aromatic heterocycles. The summed E-state index contributed by atoms with van der Waals surface area (Å²) in [5.41, 5.74) is 9.85. The van der Waals surface area contributed by atoms with Crippen molar-refractivity contribution in [2.24, 2.45) is 0 Å². The van der Waals surface area contributed by atoms with Crippen molar-refractivity contribution in [1.29, 1.82) is 0 Å². The van der Waals surface area contributed by atoms with Crippen molar-refractivity contribution in [3.8, 4) is 0 Å². The van der Waals surface area contributed by atoms with E-state index in [9.17, 15) is 0 Å². The maximum Gasteiger partial charge on any atom is 0.202 e. The third-order valence-corrected chi connectivity index (χ3v) is 3.48. The molecule has 0 unspecified atom stereocenters. The molecule has 0 amide bonds. The van der Waals surface area contributed by atoms with Gasteiger partial charge in [0.15, 0.2) is 5.65 Å². The summed E-state index contributed by atoms with van der Waals surface area (Å²) in [6, 6.07) is 3.90. The largest absolute Gasteiger partial charge is 0.369 e. The van der Waals surface area contributed by atoms with Crippen LogP contribution in [0.2, 0.25) is 0 Å². The number of pyridine rings is 2. The van der Waals surface area contributed by atoms with Crippen molar-refractivity contribution in [3.63, 3.8) is 0 Å². The molecular weight excluding hydrogens is 306 g/mol. The van der Waals surface area contributed by atoms with Gasteiger partial charge in [-0.1, -0.05) is 0 Å². The van der Waals surface area contributed by atoms with E-state index in [4.69, 9.17) is 5.73 Å². The van der Waals surface area contributed by atoms with Gasteiger partial charge >= 0.3 is 0 Å². The number of imidazole rings is 1. The van der Waals surface area contributed by atoms with Gasteiger partial charge in [0.25, 0.3) is 0 Å². The highest BCUT2D eigenvalue weighted by molar-refractivity contribution is 9.10. The molecule has 96 valence electrons. The molecule has 3 aromatic rings. The molecular formula is C13H12BrN5. The van der Waals surface area contributed by atoms with E-state index >= 15 is 0 Å². The molecule has 2 N–H and O–H groups in total. The van der Waals surface area contributed by atoms with Gasteiger partial charge in [0, 0.05) is 23.1 Å². The summed E-state index contributed by atoms with van der Waals surface area (Å²) in [4.78, 5) is 12.8. The number of aromatic nitrogens is 4. The number of nitrogens with zero attached hydrogens (tertiary/aromatic N) is 4. The van der Waals surface area contributed by atoms with Gasteiger partial charge in [0.2, 0.25) is 5.95 Å². The Morgan fingerprint density at radius 3 is 3.00 bits per heavy atom. The summed E-state index contributed by atoms with van der Waals surface area (Å²) in [6.45, 7) is 2.67. The highest BCUT2D eigenvalue weighted by Crippen LogP contribution is 2.21. The maximum absolute atomic E-state index is 5.98. The molecule has 3 rings (SSSR count). The second-order valence-corrected chi connectivity index (χ2v) is 5.27. The minimum absolute atomic E-state index is 0.469. The van der Waals surface area contributed by atoms with Gasteiger partial charge in [-0.2, -0.15) is 0 Å². The molecule has 0 bridgehead atoms. The monoisotopic (exact) mass is 317 g/mol. The van der Waals surface area contributed by atoms with E-state index in [2.05, 4.69) is 30.9 Å². The van der Waals surface area contributed by atoms with E-state index in [1.54, 1.807) is 12.4 Å². The summed E-state index contributed by atoms with van der Waals surface area (Å²) >= 11 is 3.38. The van der Waals surface area contributed by atoms with E-state index in [1.165, 1.54) is 0 Å². The molecule has 19 heavy (non-hydrogen) atoms. The molecule has 0 aromatic carbocycles. The zero-order chi connectivity index (χ0) is 13.4. The molecule has 5 nitrogen and oxygen atoms in total. The van der Waals surface area contributed by atoms with Crippen LogP contribution in [0.25, 0.3) is 11.2 Å². The van der Waals surface area contributed by atoms with E-state index in [-0.39, 0.29) is 0 Å². The van der Waals surface area contributed by atoms with Gasteiger partial charge in [0.05, 0.1) is 6.54 Å². The molecule has 0 aliphatic rings. The number of anilines is 1. The molecule has 0 aliphatic carbocycles. The Hall–Kier alpha value is -1.95. The Morgan fingerprint density at radius 1 is 1.37 bits per heavy atom. The van der Waals surface area contributed by atoms with Gasteiger partial charge in [-0.05, 0) is 46.1 Å². The zero-order valence-electron chi connectivity index (χ0n) is 10.3. The van der Waals surface area contributed by atoms with Crippen molar-refractivity contribution in [1.82, 2.24) is 19.5 Å². The lowest BCUT2D eigenvalue weighted by Crippen LogP contribution is -2.06. The number of nitrogen functional groups attached to an aromatic ring is 1. The highest BCUT2D eigenvalue weighted by Gasteiger charge is 2.11.